The van der Waals surface area contributed by atoms with Crippen molar-refractivity contribution in [2.45, 2.75) is 0 Å². The normalized spacial score (nSPS) is 11.6. The lowest BCUT2D eigenvalue weighted by atomic mass is 10.0. The van der Waals surface area contributed by atoms with Crippen LogP contribution in [0.1, 0.15) is 0 Å². The Bertz CT molecular complexity index is 2510. The summed E-state index contributed by atoms with van der Waals surface area (Å²) in [6.07, 6.45) is 0. The fourth-order valence-electron chi connectivity index (χ4n) is 5.96. The van der Waals surface area contributed by atoms with Gasteiger partial charge < -0.3 is 4.42 Å². The zero-order valence-electron chi connectivity index (χ0n) is 23.4. The van der Waals surface area contributed by atoms with Gasteiger partial charge in [-0.15, -0.1) is 11.3 Å². The molecule has 0 saturated carbocycles. The molecule has 0 radical (unpaired) electrons. The molecular weight excluding hydrogens is 559 g/mol. The van der Waals surface area contributed by atoms with Crippen LogP contribution in [0.3, 0.4) is 0 Å². The molecule has 0 fully saturated rings. The van der Waals surface area contributed by atoms with Gasteiger partial charge in [0.25, 0.3) is 0 Å². The van der Waals surface area contributed by atoms with Crippen molar-refractivity contribution in [3.8, 4) is 45.3 Å². The van der Waals surface area contributed by atoms with E-state index in [9.17, 15) is 0 Å². The van der Waals surface area contributed by atoms with Gasteiger partial charge in [0.2, 0.25) is 0 Å². The first-order valence-electron chi connectivity index (χ1n) is 14.5. The van der Waals surface area contributed by atoms with E-state index in [0.29, 0.717) is 17.5 Å². The summed E-state index contributed by atoms with van der Waals surface area (Å²) in [5.74, 6) is 1.86. The fraction of sp³-hybridized carbons (Fsp3) is 0. The van der Waals surface area contributed by atoms with Crippen LogP contribution in [0.5, 0.6) is 0 Å². The molecule has 0 aliphatic carbocycles. The predicted octanol–water partition coefficient (Wildman–Crippen LogP) is 10.8. The summed E-state index contributed by atoms with van der Waals surface area (Å²) >= 11 is 1.83. The average molecular weight is 582 g/mol. The van der Waals surface area contributed by atoms with E-state index in [1.165, 1.54) is 25.7 Å². The molecule has 0 unspecified atom stereocenters. The molecule has 4 nitrogen and oxygen atoms in total. The van der Waals surface area contributed by atoms with Gasteiger partial charge in [-0.2, -0.15) is 0 Å². The van der Waals surface area contributed by atoms with Crippen molar-refractivity contribution in [3.63, 3.8) is 0 Å². The molecule has 9 rings (SSSR count). The van der Waals surface area contributed by atoms with Crippen LogP contribution in [0.2, 0.25) is 0 Å². The minimum atomic E-state index is 0.605. The Balaban J connectivity index is 1.18. The molecule has 0 saturated heterocycles. The lowest BCUT2D eigenvalue weighted by Gasteiger charge is -2.10. The smallest absolute Gasteiger partial charge is 0.164 e. The summed E-state index contributed by atoms with van der Waals surface area (Å²) < 4.78 is 8.78. The SMILES string of the molecule is c1ccc(-c2nc(-c3cccc(-c4ccc5c(c4)sc4ccccc45)c3)nc(-c3ccc4c(c3)oc3ccccc34)n2)cc1. The molecular formula is C39H23N3OS. The van der Waals surface area contributed by atoms with Crippen molar-refractivity contribution in [1.29, 1.82) is 0 Å². The summed E-state index contributed by atoms with van der Waals surface area (Å²) in [4.78, 5) is 14.9. The molecule has 0 aliphatic rings. The number of nitrogens with zero attached hydrogens (tertiary/aromatic N) is 3. The maximum atomic E-state index is 6.19. The summed E-state index contributed by atoms with van der Waals surface area (Å²) in [5, 5.41) is 4.77. The highest BCUT2D eigenvalue weighted by Crippen LogP contribution is 2.37. The molecule has 0 bridgehead atoms. The first kappa shape index (κ1) is 24.9. The Morgan fingerprint density at radius 1 is 0.364 bits per heavy atom. The summed E-state index contributed by atoms with van der Waals surface area (Å²) in [6.45, 7) is 0. The van der Waals surface area contributed by atoms with Crippen LogP contribution in [-0.2, 0) is 0 Å². The van der Waals surface area contributed by atoms with Gasteiger partial charge in [-0.25, -0.2) is 15.0 Å². The van der Waals surface area contributed by atoms with Crippen molar-refractivity contribution in [1.82, 2.24) is 15.0 Å². The van der Waals surface area contributed by atoms with E-state index in [-0.39, 0.29) is 0 Å². The fourth-order valence-corrected chi connectivity index (χ4v) is 7.10. The maximum absolute atomic E-state index is 6.19. The lowest BCUT2D eigenvalue weighted by Crippen LogP contribution is -2.00. The molecule has 3 heterocycles. The quantitative estimate of drug-likeness (QED) is 0.207. The van der Waals surface area contributed by atoms with Crippen LogP contribution >= 0.6 is 11.3 Å². The third-order valence-electron chi connectivity index (χ3n) is 8.14. The number of benzene rings is 6. The average Bonchev–Trinajstić information content (AvgIpc) is 3.66. The number of fused-ring (bicyclic) bond motifs is 6. The number of furan rings is 1. The van der Waals surface area contributed by atoms with Crippen LogP contribution in [0.25, 0.3) is 87.4 Å². The van der Waals surface area contributed by atoms with E-state index < -0.39 is 0 Å². The first-order valence-corrected chi connectivity index (χ1v) is 15.3. The van der Waals surface area contributed by atoms with E-state index in [2.05, 4.69) is 84.9 Å². The van der Waals surface area contributed by atoms with Gasteiger partial charge in [0.05, 0.1) is 0 Å². The highest BCUT2D eigenvalue weighted by Gasteiger charge is 2.15. The van der Waals surface area contributed by atoms with Crippen molar-refractivity contribution in [2.75, 3.05) is 0 Å². The number of hydrogen-bond acceptors (Lipinski definition) is 5. The van der Waals surface area contributed by atoms with E-state index in [4.69, 9.17) is 19.4 Å². The lowest BCUT2D eigenvalue weighted by molar-refractivity contribution is 0.669. The molecule has 0 amide bonds. The number of thiophene rings is 1. The predicted molar refractivity (Wildman–Crippen MR) is 182 cm³/mol. The third kappa shape index (κ3) is 4.17. The number of rotatable bonds is 4. The number of aromatic nitrogens is 3. The largest absolute Gasteiger partial charge is 0.456 e. The standard InChI is InChI=1S/C39H23N3OS/c1-2-9-24(10-3-1)37-40-38(42-39(41-37)28-18-19-30-29-13-4-6-15-33(29)43-34(30)22-28)27-12-8-11-25(21-27)26-17-20-32-31-14-5-7-16-35(31)44-36(32)23-26/h1-23H. The molecule has 0 N–H and O–H groups in total. The van der Waals surface area contributed by atoms with Crippen LogP contribution < -0.4 is 0 Å². The topological polar surface area (TPSA) is 51.8 Å². The zero-order valence-corrected chi connectivity index (χ0v) is 24.3. The first-order chi connectivity index (χ1) is 21.8. The van der Waals surface area contributed by atoms with E-state index in [0.717, 1.165) is 44.2 Å². The second-order valence-electron chi connectivity index (χ2n) is 10.9. The second-order valence-corrected chi connectivity index (χ2v) is 12.0. The zero-order chi connectivity index (χ0) is 29.0. The van der Waals surface area contributed by atoms with Gasteiger partial charge in [-0.05, 0) is 47.5 Å². The van der Waals surface area contributed by atoms with Crippen molar-refractivity contribution in [3.05, 3.63) is 140 Å². The van der Waals surface area contributed by atoms with Gasteiger partial charge in [0.1, 0.15) is 11.2 Å². The van der Waals surface area contributed by atoms with Gasteiger partial charge in [0, 0.05) is 47.6 Å². The van der Waals surface area contributed by atoms with Gasteiger partial charge in [-0.3, -0.25) is 0 Å². The highest BCUT2D eigenvalue weighted by molar-refractivity contribution is 7.25. The Kier molecular flexibility index (Phi) is 5.64. The molecule has 5 heteroatoms. The molecule has 0 aliphatic heterocycles. The molecule has 6 aromatic carbocycles. The van der Waals surface area contributed by atoms with E-state index in [1.807, 2.05) is 65.9 Å². The molecule has 0 atom stereocenters. The number of hydrogen-bond donors (Lipinski definition) is 0. The minimum absolute atomic E-state index is 0.605. The summed E-state index contributed by atoms with van der Waals surface area (Å²) in [5.41, 5.74) is 6.71. The van der Waals surface area contributed by atoms with Gasteiger partial charge in [-0.1, -0.05) is 103 Å². The van der Waals surface area contributed by atoms with Crippen molar-refractivity contribution in [2.24, 2.45) is 0 Å². The van der Waals surface area contributed by atoms with E-state index in [1.54, 1.807) is 0 Å². The molecule has 206 valence electrons. The summed E-state index contributed by atoms with van der Waals surface area (Å²) in [7, 11) is 0. The highest BCUT2D eigenvalue weighted by atomic mass is 32.1. The second kappa shape index (κ2) is 9.97. The van der Waals surface area contributed by atoms with Gasteiger partial charge in [0.15, 0.2) is 17.5 Å². The molecule has 0 spiro atoms. The van der Waals surface area contributed by atoms with Crippen molar-refractivity contribution < 1.29 is 4.42 Å². The van der Waals surface area contributed by atoms with Gasteiger partial charge >= 0.3 is 0 Å². The van der Waals surface area contributed by atoms with Crippen molar-refractivity contribution >= 4 is 53.4 Å². The Morgan fingerprint density at radius 2 is 0.932 bits per heavy atom. The Labute approximate surface area is 256 Å². The summed E-state index contributed by atoms with van der Waals surface area (Å²) in [6, 6.07) is 48.1. The van der Waals surface area contributed by atoms with Crippen LogP contribution in [0.4, 0.5) is 0 Å². The molecule has 9 aromatic rings. The monoisotopic (exact) mass is 581 g/mol. The van der Waals surface area contributed by atoms with Crippen LogP contribution in [0, 0.1) is 0 Å². The Hall–Kier alpha value is -5.65. The minimum Gasteiger partial charge on any atom is -0.456 e. The maximum Gasteiger partial charge on any atom is 0.164 e. The molecule has 3 aromatic heterocycles. The number of para-hydroxylation sites is 1. The third-order valence-corrected chi connectivity index (χ3v) is 9.27. The molecule has 44 heavy (non-hydrogen) atoms. The van der Waals surface area contributed by atoms with E-state index >= 15 is 0 Å². The van der Waals surface area contributed by atoms with Crippen LogP contribution in [-0.4, -0.2) is 15.0 Å². The van der Waals surface area contributed by atoms with Crippen LogP contribution in [0.15, 0.2) is 144 Å². The Morgan fingerprint density at radius 3 is 1.80 bits per heavy atom.